The van der Waals surface area contributed by atoms with E-state index in [-0.39, 0.29) is 6.10 Å². The van der Waals surface area contributed by atoms with Gasteiger partial charge in [-0.2, -0.15) is 0 Å². The molecule has 0 aromatic heterocycles. The summed E-state index contributed by atoms with van der Waals surface area (Å²) in [5, 5.41) is 12.7. The fraction of sp³-hybridized carbons (Fsp3) is 1.00. The predicted octanol–water partition coefficient (Wildman–Crippen LogP) is 1.93. The van der Waals surface area contributed by atoms with Gasteiger partial charge in [0, 0.05) is 6.04 Å². The summed E-state index contributed by atoms with van der Waals surface area (Å²) in [6.45, 7) is 3.42. The molecule has 0 bridgehead atoms. The van der Waals surface area contributed by atoms with Gasteiger partial charge in [-0.1, -0.05) is 19.3 Å². The molecular formula is C12H23NO. The van der Waals surface area contributed by atoms with Gasteiger partial charge in [0.1, 0.15) is 0 Å². The summed E-state index contributed by atoms with van der Waals surface area (Å²) in [6, 6.07) is 0.679. The van der Waals surface area contributed by atoms with Gasteiger partial charge >= 0.3 is 0 Å². The summed E-state index contributed by atoms with van der Waals surface area (Å²) in [4.78, 5) is 0. The number of aliphatic hydroxyl groups excluding tert-OH is 1. The van der Waals surface area contributed by atoms with Crippen LogP contribution in [0.1, 0.15) is 45.4 Å². The Morgan fingerprint density at radius 3 is 2.50 bits per heavy atom. The standard InChI is InChI=1S/C12H23NO/c1-9(5-10-3-2-4-10)13-8-11-6-12(14)7-11/h9-14H,2-8H2,1H3. The minimum atomic E-state index is 0.00346. The molecule has 2 saturated carbocycles. The van der Waals surface area contributed by atoms with E-state index in [2.05, 4.69) is 12.2 Å². The van der Waals surface area contributed by atoms with E-state index in [1.165, 1.54) is 25.7 Å². The molecule has 2 N–H and O–H groups in total. The maximum absolute atomic E-state index is 9.15. The van der Waals surface area contributed by atoms with Crippen molar-refractivity contribution in [3.8, 4) is 0 Å². The number of hydrogen-bond acceptors (Lipinski definition) is 2. The number of nitrogens with one attached hydrogen (secondary N) is 1. The van der Waals surface area contributed by atoms with Gasteiger partial charge in [-0.3, -0.25) is 0 Å². The van der Waals surface area contributed by atoms with Crippen molar-refractivity contribution in [2.24, 2.45) is 11.8 Å². The molecule has 0 aliphatic heterocycles. The van der Waals surface area contributed by atoms with Crippen LogP contribution in [0.2, 0.25) is 0 Å². The van der Waals surface area contributed by atoms with Gasteiger partial charge in [-0.05, 0) is 44.6 Å². The zero-order chi connectivity index (χ0) is 9.97. The Kier molecular flexibility index (Phi) is 3.45. The molecule has 2 aliphatic rings. The average molecular weight is 197 g/mol. The topological polar surface area (TPSA) is 32.3 Å². The van der Waals surface area contributed by atoms with Crippen LogP contribution in [0.4, 0.5) is 0 Å². The zero-order valence-electron chi connectivity index (χ0n) is 9.21. The maximum atomic E-state index is 9.15. The molecule has 0 spiro atoms. The van der Waals surface area contributed by atoms with Gasteiger partial charge in [0.15, 0.2) is 0 Å². The SMILES string of the molecule is CC(CC1CCC1)NCC1CC(O)C1. The van der Waals surface area contributed by atoms with E-state index in [4.69, 9.17) is 5.11 Å². The van der Waals surface area contributed by atoms with Gasteiger partial charge in [-0.25, -0.2) is 0 Å². The molecule has 0 aromatic carbocycles. The Bertz CT molecular complexity index is 173. The van der Waals surface area contributed by atoms with Gasteiger partial charge < -0.3 is 10.4 Å². The predicted molar refractivity (Wildman–Crippen MR) is 58.2 cm³/mol. The van der Waals surface area contributed by atoms with Crippen LogP contribution < -0.4 is 5.32 Å². The van der Waals surface area contributed by atoms with Crippen molar-refractivity contribution < 1.29 is 5.11 Å². The molecule has 1 unspecified atom stereocenters. The molecule has 2 heteroatoms. The highest BCUT2D eigenvalue weighted by atomic mass is 16.3. The minimum absolute atomic E-state index is 0.00346. The smallest absolute Gasteiger partial charge is 0.0546 e. The third-order valence-corrected chi connectivity index (χ3v) is 3.88. The summed E-state index contributed by atoms with van der Waals surface area (Å²) < 4.78 is 0. The van der Waals surface area contributed by atoms with Crippen LogP contribution in [0.25, 0.3) is 0 Å². The lowest BCUT2D eigenvalue weighted by Gasteiger charge is -2.34. The quantitative estimate of drug-likeness (QED) is 0.706. The zero-order valence-corrected chi connectivity index (χ0v) is 9.21. The van der Waals surface area contributed by atoms with E-state index < -0.39 is 0 Å². The van der Waals surface area contributed by atoms with Crippen LogP contribution in [-0.4, -0.2) is 23.8 Å². The van der Waals surface area contributed by atoms with Crippen molar-refractivity contribution in [2.75, 3.05) is 6.54 Å². The van der Waals surface area contributed by atoms with Crippen molar-refractivity contribution in [2.45, 2.75) is 57.6 Å². The molecule has 0 amide bonds. The Balaban J connectivity index is 1.51. The Morgan fingerprint density at radius 2 is 2.00 bits per heavy atom. The van der Waals surface area contributed by atoms with E-state index in [1.807, 2.05) is 0 Å². The molecular weight excluding hydrogens is 174 g/mol. The lowest BCUT2D eigenvalue weighted by Crippen LogP contribution is -2.40. The van der Waals surface area contributed by atoms with Gasteiger partial charge in [0.25, 0.3) is 0 Å². The van der Waals surface area contributed by atoms with Gasteiger partial charge in [-0.15, -0.1) is 0 Å². The first-order chi connectivity index (χ1) is 6.74. The van der Waals surface area contributed by atoms with E-state index in [0.29, 0.717) is 6.04 Å². The highest BCUT2D eigenvalue weighted by Crippen LogP contribution is 2.31. The lowest BCUT2D eigenvalue weighted by molar-refractivity contribution is 0.0415. The second-order valence-electron chi connectivity index (χ2n) is 5.33. The Morgan fingerprint density at radius 1 is 1.29 bits per heavy atom. The van der Waals surface area contributed by atoms with Crippen LogP contribution in [0, 0.1) is 11.8 Å². The lowest BCUT2D eigenvalue weighted by atomic mass is 9.80. The molecule has 14 heavy (non-hydrogen) atoms. The molecule has 0 saturated heterocycles. The normalized spacial score (nSPS) is 34.7. The Labute approximate surface area is 87.1 Å². The molecule has 2 nitrogen and oxygen atoms in total. The first kappa shape index (κ1) is 10.4. The summed E-state index contributed by atoms with van der Waals surface area (Å²) in [6.07, 6.45) is 7.75. The van der Waals surface area contributed by atoms with Crippen LogP contribution in [0.5, 0.6) is 0 Å². The highest BCUT2D eigenvalue weighted by Gasteiger charge is 2.27. The van der Waals surface area contributed by atoms with Crippen molar-refractivity contribution in [1.29, 1.82) is 0 Å². The van der Waals surface area contributed by atoms with Gasteiger partial charge in [0.05, 0.1) is 6.10 Å². The highest BCUT2D eigenvalue weighted by molar-refractivity contribution is 4.82. The molecule has 1 atom stereocenters. The van der Waals surface area contributed by atoms with Crippen LogP contribution in [-0.2, 0) is 0 Å². The summed E-state index contributed by atoms with van der Waals surface area (Å²) in [5.41, 5.74) is 0. The molecule has 2 aliphatic carbocycles. The van der Waals surface area contributed by atoms with Crippen LogP contribution >= 0.6 is 0 Å². The van der Waals surface area contributed by atoms with E-state index in [1.54, 1.807) is 0 Å². The molecule has 2 rings (SSSR count). The monoisotopic (exact) mass is 197 g/mol. The fourth-order valence-electron chi connectivity index (χ4n) is 2.55. The molecule has 0 radical (unpaired) electrons. The largest absolute Gasteiger partial charge is 0.393 e. The Hall–Kier alpha value is -0.0800. The summed E-state index contributed by atoms with van der Waals surface area (Å²) >= 11 is 0. The number of rotatable bonds is 5. The van der Waals surface area contributed by atoms with Gasteiger partial charge in [0.2, 0.25) is 0 Å². The molecule has 0 heterocycles. The minimum Gasteiger partial charge on any atom is -0.393 e. The molecule has 2 fully saturated rings. The second kappa shape index (κ2) is 4.63. The third-order valence-electron chi connectivity index (χ3n) is 3.88. The van der Waals surface area contributed by atoms with Crippen molar-refractivity contribution >= 4 is 0 Å². The van der Waals surface area contributed by atoms with Crippen LogP contribution in [0.3, 0.4) is 0 Å². The van der Waals surface area contributed by atoms with E-state index >= 15 is 0 Å². The van der Waals surface area contributed by atoms with E-state index in [0.717, 1.165) is 31.2 Å². The van der Waals surface area contributed by atoms with Crippen molar-refractivity contribution in [3.63, 3.8) is 0 Å². The van der Waals surface area contributed by atoms with Crippen molar-refractivity contribution in [3.05, 3.63) is 0 Å². The fourth-order valence-corrected chi connectivity index (χ4v) is 2.55. The number of hydrogen-bond donors (Lipinski definition) is 2. The summed E-state index contributed by atoms with van der Waals surface area (Å²) in [7, 11) is 0. The molecule has 0 aromatic rings. The molecule has 82 valence electrons. The van der Waals surface area contributed by atoms with Crippen molar-refractivity contribution in [1.82, 2.24) is 5.32 Å². The third kappa shape index (κ3) is 2.71. The first-order valence-electron chi connectivity index (χ1n) is 6.15. The van der Waals surface area contributed by atoms with Crippen LogP contribution in [0.15, 0.2) is 0 Å². The summed E-state index contributed by atoms with van der Waals surface area (Å²) in [5.74, 6) is 1.75. The average Bonchev–Trinajstić information content (AvgIpc) is 2.03. The first-order valence-corrected chi connectivity index (χ1v) is 6.15. The van der Waals surface area contributed by atoms with E-state index in [9.17, 15) is 0 Å². The second-order valence-corrected chi connectivity index (χ2v) is 5.33. The maximum Gasteiger partial charge on any atom is 0.0546 e. The number of aliphatic hydroxyl groups is 1.